The van der Waals surface area contributed by atoms with Crippen LogP contribution < -0.4 is 5.06 Å². The Labute approximate surface area is 84.6 Å². The van der Waals surface area contributed by atoms with Crippen LogP contribution in [0.5, 0.6) is 0 Å². The molecule has 0 saturated carbocycles. The summed E-state index contributed by atoms with van der Waals surface area (Å²) in [4.78, 5) is 13.6. The maximum atomic E-state index is 12.0. The zero-order valence-electron chi connectivity index (χ0n) is 9.26. The fourth-order valence-corrected chi connectivity index (χ4v) is 2.46. The van der Waals surface area contributed by atoms with Crippen molar-refractivity contribution >= 4 is 6.08 Å². The molecule has 2 atom stereocenters. The summed E-state index contributed by atoms with van der Waals surface area (Å²) in [5, 5.41) is 12.3. The number of nitrogens with zero attached hydrogens (tertiary/aromatic N) is 1. The summed E-state index contributed by atoms with van der Waals surface area (Å²) in [6.07, 6.45) is 2.35. The molecule has 1 N–H and O–H groups in total. The molecule has 0 bridgehead atoms. The van der Waals surface area contributed by atoms with E-state index in [4.69, 9.17) is 0 Å². The van der Waals surface area contributed by atoms with Gasteiger partial charge >= 0.3 is 0 Å². The van der Waals surface area contributed by atoms with Crippen LogP contribution in [0.15, 0.2) is 4.99 Å². The average molecular weight is 198 g/mol. The monoisotopic (exact) mass is 198 g/mol. The van der Waals surface area contributed by atoms with E-state index >= 15 is 0 Å². The molecule has 14 heavy (non-hydrogen) atoms. The van der Waals surface area contributed by atoms with Gasteiger partial charge in [0.2, 0.25) is 6.08 Å². The maximum absolute atomic E-state index is 12.0. The molecule has 1 heterocycles. The molecule has 0 spiro atoms. The first-order chi connectivity index (χ1) is 6.32. The van der Waals surface area contributed by atoms with Gasteiger partial charge in [-0.05, 0) is 27.7 Å². The third kappa shape index (κ3) is 1.73. The molecule has 4 heteroatoms. The standard InChI is InChI=1S/C10H18N2O2/c1-9(2)5-8(6-11-7-13)10(3,4)12(9)14/h8,12H,5-6H2,1-4H3. The molecule has 1 aliphatic rings. The van der Waals surface area contributed by atoms with Gasteiger partial charge in [-0.2, -0.15) is 0 Å². The van der Waals surface area contributed by atoms with Crippen molar-refractivity contribution in [1.29, 1.82) is 0 Å². The number of nitrogens with one attached hydrogen (secondary N) is 1. The molecular weight excluding hydrogens is 180 g/mol. The second-order valence-electron chi connectivity index (χ2n) is 5.27. The van der Waals surface area contributed by atoms with Crippen LogP contribution in [0.2, 0.25) is 0 Å². The van der Waals surface area contributed by atoms with Crippen LogP contribution in [-0.4, -0.2) is 23.7 Å². The van der Waals surface area contributed by atoms with Crippen LogP contribution in [0, 0.1) is 11.1 Å². The van der Waals surface area contributed by atoms with E-state index in [0.29, 0.717) is 6.54 Å². The van der Waals surface area contributed by atoms with Gasteiger partial charge in [0, 0.05) is 12.3 Å². The van der Waals surface area contributed by atoms with E-state index in [2.05, 4.69) is 4.99 Å². The molecule has 1 aliphatic heterocycles. The molecule has 4 nitrogen and oxygen atoms in total. The van der Waals surface area contributed by atoms with Crippen LogP contribution in [-0.2, 0) is 4.79 Å². The second-order valence-corrected chi connectivity index (χ2v) is 5.27. The quantitative estimate of drug-likeness (QED) is 0.393. The van der Waals surface area contributed by atoms with Crippen molar-refractivity contribution in [1.82, 2.24) is 0 Å². The molecule has 1 rings (SSSR count). The molecule has 1 fully saturated rings. The minimum Gasteiger partial charge on any atom is -0.634 e. The molecule has 0 amide bonds. The lowest BCUT2D eigenvalue weighted by Gasteiger charge is -2.41. The van der Waals surface area contributed by atoms with E-state index in [1.54, 1.807) is 0 Å². The molecule has 0 aromatic rings. The van der Waals surface area contributed by atoms with E-state index in [1.807, 2.05) is 27.7 Å². The van der Waals surface area contributed by atoms with Gasteiger partial charge in [-0.15, -0.1) is 0 Å². The maximum Gasteiger partial charge on any atom is 0.234 e. The molecule has 0 aromatic heterocycles. The van der Waals surface area contributed by atoms with Crippen molar-refractivity contribution in [3.63, 3.8) is 0 Å². The number of isocyanates is 1. The third-order valence-corrected chi connectivity index (χ3v) is 3.35. The summed E-state index contributed by atoms with van der Waals surface area (Å²) >= 11 is 0. The van der Waals surface area contributed by atoms with Crippen molar-refractivity contribution < 1.29 is 9.86 Å². The topological polar surface area (TPSA) is 56.9 Å². The number of carbonyl (C=O) groups excluding carboxylic acids is 1. The second kappa shape index (κ2) is 3.46. The lowest BCUT2D eigenvalue weighted by molar-refractivity contribution is -0.934. The predicted octanol–water partition coefficient (Wildman–Crippen LogP) is 0.282. The van der Waals surface area contributed by atoms with Gasteiger partial charge in [-0.3, -0.25) is 0 Å². The highest BCUT2D eigenvalue weighted by atomic mass is 16.5. The minimum atomic E-state index is -0.357. The van der Waals surface area contributed by atoms with Crippen molar-refractivity contribution in [3.05, 3.63) is 5.21 Å². The number of hydrogen-bond acceptors (Lipinski definition) is 3. The first-order valence-electron chi connectivity index (χ1n) is 4.91. The first kappa shape index (κ1) is 11.4. The van der Waals surface area contributed by atoms with Crippen LogP contribution in [0.25, 0.3) is 0 Å². The summed E-state index contributed by atoms with van der Waals surface area (Å²) in [6.45, 7) is 8.22. The van der Waals surface area contributed by atoms with Gasteiger partial charge in [-0.25, -0.2) is 9.79 Å². The Kier molecular flexibility index (Phi) is 2.81. The molecule has 2 unspecified atom stereocenters. The highest BCUT2D eigenvalue weighted by molar-refractivity contribution is 5.32. The number of hydroxylamine groups is 2. The first-order valence-corrected chi connectivity index (χ1v) is 4.91. The Morgan fingerprint density at radius 2 is 2.07 bits per heavy atom. The van der Waals surface area contributed by atoms with E-state index in [0.717, 1.165) is 6.42 Å². The van der Waals surface area contributed by atoms with E-state index < -0.39 is 0 Å². The van der Waals surface area contributed by atoms with Gasteiger partial charge in [0.05, 0.1) is 17.6 Å². The lowest BCUT2D eigenvalue weighted by atomic mass is 9.87. The molecule has 0 radical (unpaired) electrons. The fourth-order valence-electron chi connectivity index (χ4n) is 2.46. The van der Waals surface area contributed by atoms with Crippen molar-refractivity contribution in [3.8, 4) is 0 Å². The zero-order chi connectivity index (χ0) is 11.0. The summed E-state index contributed by atoms with van der Waals surface area (Å²) in [5.74, 6) is 0.173. The SMILES string of the molecule is CC1(C)CC(CN=C=O)C(C)(C)[NH+]1[O-]. The Bertz CT molecular complexity index is 267. The molecule has 0 aromatic carbocycles. The fraction of sp³-hybridized carbons (Fsp3) is 0.900. The number of rotatable bonds is 2. The Morgan fingerprint density at radius 3 is 2.43 bits per heavy atom. The Balaban J connectivity index is 2.85. The van der Waals surface area contributed by atoms with E-state index in [-0.39, 0.29) is 22.1 Å². The van der Waals surface area contributed by atoms with Crippen molar-refractivity contribution in [2.75, 3.05) is 6.54 Å². The van der Waals surface area contributed by atoms with Crippen LogP contribution in [0.4, 0.5) is 0 Å². The number of hydrogen-bond donors (Lipinski definition) is 1. The van der Waals surface area contributed by atoms with Crippen LogP contribution in [0.3, 0.4) is 0 Å². The van der Waals surface area contributed by atoms with Crippen molar-refractivity contribution in [2.45, 2.75) is 45.2 Å². The van der Waals surface area contributed by atoms with Gasteiger partial charge in [0.1, 0.15) is 0 Å². The largest absolute Gasteiger partial charge is 0.634 e. The van der Waals surface area contributed by atoms with Gasteiger partial charge in [0.25, 0.3) is 0 Å². The Morgan fingerprint density at radius 1 is 1.50 bits per heavy atom. The normalized spacial score (nSPS) is 33.8. The molecule has 80 valence electrons. The number of aliphatic imine (C=N–C) groups is 1. The summed E-state index contributed by atoms with van der Waals surface area (Å²) in [7, 11) is 0. The highest BCUT2D eigenvalue weighted by Crippen LogP contribution is 2.30. The number of quaternary nitrogens is 1. The molecule has 1 saturated heterocycles. The Hall–Kier alpha value is -0.700. The van der Waals surface area contributed by atoms with Crippen LogP contribution >= 0.6 is 0 Å². The predicted molar refractivity (Wildman–Crippen MR) is 53.6 cm³/mol. The van der Waals surface area contributed by atoms with E-state index in [1.165, 1.54) is 6.08 Å². The zero-order valence-corrected chi connectivity index (χ0v) is 9.26. The van der Waals surface area contributed by atoms with Crippen LogP contribution in [0.1, 0.15) is 34.1 Å². The summed E-state index contributed by atoms with van der Waals surface area (Å²) in [6, 6.07) is 0. The van der Waals surface area contributed by atoms with Gasteiger partial charge in [-0.1, -0.05) is 0 Å². The minimum absolute atomic E-state index is 0.173. The lowest BCUT2D eigenvalue weighted by Crippen LogP contribution is -3.19. The van der Waals surface area contributed by atoms with Crippen molar-refractivity contribution in [2.24, 2.45) is 10.9 Å². The summed E-state index contributed by atoms with van der Waals surface area (Å²) < 4.78 is 0. The van der Waals surface area contributed by atoms with Gasteiger partial charge in [0.15, 0.2) is 0 Å². The molecule has 0 aliphatic carbocycles. The third-order valence-electron chi connectivity index (χ3n) is 3.35. The van der Waals surface area contributed by atoms with Gasteiger partial charge < -0.3 is 10.3 Å². The average Bonchev–Trinajstić information content (AvgIpc) is 2.23. The highest BCUT2D eigenvalue weighted by Gasteiger charge is 2.51. The summed E-state index contributed by atoms with van der Waals surface area (Å²) in [5.41, 5.74) is -0.629. The molecular formula is C10H18N2O2. The smallest absolute Gasteiger partial charge is 0.234 e. The van der Waals surface area contributed by atoms with E-state index in [9.17, 15) is 10.0 Å².